The molecule has 0 saturated carbocycles. The molecule has 0 radical (unpaired) electrons. The molecular formula is C14H21N3O5Si. The summed E-state index contributed by atoms with van der Waals surface area (Å²) in [4.78, 5) is 15.7. The lowest BCUT2D eigenvalue weighted by Gasteiger charge is -2.17. The highest BCUT2D eigenvalue weighted by atomic mass is 28.3. The Morgan fingerprint density at radius 2 is 2.04 bits per heavy atom. The van der Waals surface area contributed by atoms with Crippen LogP contribution in [0.3, 0.4) is 0 Å². The minimum atomic E-state index is -1.65. The monoisotopic (exact) mass is 339 g/mol. The number of anilines is 1. The van der Waals surface area contributed by atoms with Gasteiger partial charge in [-0.3, -0.25) is 4.57 Å². The average molecular weight is 339 g/mol. The lowest BCUT2D eigenvalue weighted by molar-refractivity contribution is -0.0549. The Morgan fingerprint density at radius 1 is 1.39 bits per heavy atom. The fourth-order valence-electron chi connectivity index (χ4n) is 2.12. The number of aromatic nitrogens is 2. The van der Waals surface area contributed by atoms with Gasteiger partial charge < -0.3 is 25.8 Å². The Labute approximate surface area is 134 Å². The van der Waals surface area contributed by atoms with E-state index in [-0.39, 0.29) is 5.82 Å². The van der Waals surface area contributed by atoms with E-state index in [1.54, 1.807) is 0 Å². The number of nitrogens with two attached hydrogens (primary N) is 1. The summed E-state index contributed by atoms with van der Waals surface area (Å²) in [5.74, 6) is 2.91. The third kappa shape index (κ3) is 3.80. The third-order valence-corrected chi connectivity index (χ3v) is 4.22. The Hall–Kier alpha value is -1.70. The van der Waals surface area contributed by atoms with Gasteiger partial charge in [0.25, 0.3) is 0 Å². The Kier molecular flexibility index (Phi) is 4.93. The summed E-state index contributed by atoms with van der Waals surface area (Å²) in [5, 5.41) is 28.9. The van der Waals surface area contributed by atoms with Crippen molar-refractivity contribution in [3.8, 4) is 11.5 Å². The lowest BCUT2D eigenvalue weighted by atomic mass is 10.1. The Balaban J connectivity index is 2.44. The summed E-state index contributed by atoms with van der Waals surface area (Å²) in [6.45, 7) is 5.71. The first-order valence-corrected chi connectivity index (χ1v) is 10.7. The van der Waals surface area contributed by atoms with Crippen LogP contribution in [0.5, 0.6) is 0 Å². The molecule has 0 spiro atoms. The number of hydrogen-bond acceptors (Lipinski definition) is 7. The zero-order valence-corrected chi connectivity index (χ0v) is 14.2. The van der Waals surface area contributed by atoms with Gasteiger partial charge in [0, 0.05) is 6.20 Å². The Bertz CT molecular complexity index is 703. The van der Waals surface area contributed by atoms with Gasteiger partial charge in [-0.1, -0.05) is 25.6 Å². The van der Waals surface area contributed by atoms with Gasteiger partial charge in [-0.25, -0.2) is 4.79 Å². The lowest BCUT2D eigenvalue weighted by Crippen LogP contribution is -2.36. The smallest absolute Gasteiger partial charge is 0.351 e. The maximum absolute atomic E-state index is 12.0. The van der Waals surface area contributed by atoms with Crippen molar-refractivity contribution in [1.29, 1.82) is 0 Å². The van der Waals surface area contributed by atoms with Crippen molar-refractivity contribution in [2.24, 2.45) is 0 Å². The number of aliphatic hydroxyl groups excluding tert-OH is 3. The molecular weight excluding hydrogens is 318 g/mol. The van der Waals surface area contributed by atoms with E-state index < -0.39 is 44.9 Å². The predicted octanol–water partition coefficient (Wildman–Crippen LogP) is -1.33. The molecule has 1 aromatic heterocycles. The van der Waals surface area contributed by atoms with Gasteiger partial charge in [0.2, 0.25) is 0 Å². The van der Waals surface area contributed by atoms with Crippen LogP contribution in [0.1, 0.15) is 11.8 Å². The number of aliphatic hydroxyl groups is 3. The molecule has 2 rings (SSSR count). The summed E-state index contributed by atoms with van der Waals surface area (Å²) in [6, 6.07) is 0. The first-order valence-electron chi connectivity index (χ1n) is 7.18. The highest BCUT2D eigenvalue weighted by molar-refractivity contribution is 6.83. The normalized spacial score (nSPS) is 27.6. The van der Waals surface area contributed by atoms with E-state index in [4.69, 9.17) is 15.6 Å². The SMILES string of the molecule is C[Si](C)(C)C#Cc1cn([C@@H]2O[C@H](CO)C(O)C2O)c(=O)nc1N. The summed E-state index contributed by atoms with van der Waals surface area (Å²) in [6.07, 6.45) is -3.44. The molecule has 23 heavy (non-hydrogen) atoms. The van der Waals surface area contributed by atoms with Gasteiger partial charge >= 0.3 is 5.69 Å². The predicted molar refractivity (Wildman–Crippen MR) is 86.1 cm³/mol. The summed E-state index contributed by atoms with van der Waals surface area (Å²) < 4.78 is 6.37. The molecule has 2 heterocycles. The topological polar surface area (TPSA) is 131 Å². The third-order valence-electron chi connectivity index (χ3n) is 3.34. The highest BCUT2D eigenvalue weighted by Gasteiger charge is 2.43. The second kappa shape index (κ2) is 6.43. The molecule has 5 N–H and O–H groups in total. The standard InChI is InChI=1S/C14H21N3O5Si/c1-23(2,3)5-4-8-6-17(14(21)16-12(8)15)13-11(20)10(19)9(7-18)22-13/h6,9-11,13,18-20H,7H2,1-3H3,(H2,15,16,21)/t9-,10?,11?,13-/m1/s1. The van der Waals surface area contributed by atoms with Crippen LogP contribution in [-0.2, 0) is 4.74 Å². The number of rotatable bonds is 2. The molecule has 0 aliphatic carbocycles. The molecule has 9 heteroatoms. The molecule has 0 amide bonds. The van der Waals surface area contributed by atoms with Crippen LogP contribution >= 0.6 is 0 Å². The van der Waals surface area contributed by atoms with E-state index >= 15 is 0 Å². The van der Waals surface area contributed by atoms with E-state index in [1.807, 2.05) is 0 Å². The van der Waals surface area contributed by atoms with Gasteiger partial charge in [-0.05, 0) is 0 Å². The number of ether oxygens (including phenoxy) is 1. The summed E-state index contributed by atoms with van der Waals surface area (Å²) >= 11 is 0. The molecule has 1 fully saturated rings. The number of nitrogen functional groups attached to an aromatic ring is 1. The minimum Gasteiger partial charge on any atom is -0.394 e. The highest BCUT2D eigenvalue weighted by Crippen LogP contribution is 2.28. The molecule has 1 aromatic rings. The van der Waals surface area contributed by atoms with E-state index in [9.17, 15) is 15.0 Å². The zero-order chi connectivity index (χ0) is 17.4. The van der Waals surface area contributed by atoms with Crippen LogP contribution in [0.2, 0.25) is 19.6 Å². The average Bonchev–Trinajstić information content (AvgIpc) is 2.73. The van der Waals surface area contributed by atoms with Crippen LogP contribution in [0.25, 0.3) is 0 Å². The quantitative estimate of drug-likeness (QED) is 0.388. The molecule has 126 valence electrons. The van der Waals surface area contributed by atoms with Crippen LogP contribution in [0.15, 0.2) is 11.0 Å². The second-order valence-electron chi connectivity index (χ2n) is 6.46. The minimum absolute atomic E-state index is 0.00347. The van der Waals surface area contributed by atoms with Gasteiger partial charge in [0.15, 0.2) is 6.23 Å². The van der Waals surface area contributed by atoms with Gasteiger partial charge in [0.1, 0.15) is 32.2 Å². The molecule has 2 unspecified atom stereocenters. The van der Waals surface area contributed by atoms with Crippen molar-refractivity contribution in [3.63, 3.8) is 0 Å². The van der Waals surface area contributed by atoms with Crippen LogP contribution < -0.4 is 11.4 Å². The molecule has 4 atom stereocenters. The van der Waals surface area contributed by atoms with Crippen LogP contribution in [0.4, 0.5) is 5.82 Å². The second-order valence-corrected chi connectivity index (χ2v) is 11.2. The fraction of sp³-hybridized carbons (Fsp3) is 0.571. The largest absolute Gasteiger partial charge is 0.394 e. The number of nitrogens with zero attached hydrogens (tertiary/aromatic N) is 2. The molecule has 1 saturated heterocycles. The number of hydrogen-bond donors (Lipinski definition) is 4. The van der Waals surface area contributed by atoms with Crippen molar-refractivity contribution < 1.29 is 20.1 Å². The first-order chi connectivity index (χ1) is 10.6. The van der Waals surface area contributed by atoms with Crippen LogP contribution in [0, 0.1) is 11.5 Å². The van der Waals surface area contributed by atoms with Crippen molar-refractivity contribution >= 4 is 13.9 Å². The summed E-state index contributed by atoms with van der Waals surface area (Å²) in [5.41, 5.74) is 8.47. The van der Waals surface area contributed by atoms with Gasteiger partial charge in [-0.2, -0.15) is 4.98 Å². The molecule has 1 aliphatic rings. The van der Waals surface area contributed by atoms with Crippen molar-refractivity contribution in [2.45, 2.75) is 44.2 Å². The fourth-order valence-corrected chi connectivity index (χ4v) is 2.63. The van der Waals surface area contributed by atoms with Crippen LogP contribution in [-0.4, -0.2) is 57.9 Å². The maximum atomic E-state index is 12.0. The van der Waals surface area contributed by atoms with Crippen molar-refractivity contribution in [1.82, 2.24) is 9.55 Å². The molecule has 0 bridgehead atoms. The van der Waals surface area contributed by atoms with E-state index in [0.717, 1.165) is 4.57 Å². The first kappa shape index (κ1) is 17.6. The maximum Gasteiger partial charge on any atom is 0.351 e. The molecule has 0 aromatic carbocycles. The Morgan fingerprint density at radius 3 is 2.57 bits per heavy atom. The van der Waals surface area contributed by atoms with Gasteiger partial charge in [-0.15, -0.1) is 5.54 Å². The molecule has 1 aliphatic heterocycles. The summed E-state index contributed by atoms with van der Waals surface area (Å²) in [7, 11) is -1.65. The van der Waals surface area contributed by atoms with E-state index in [2.05, 4.69) is 36.1 Å². The zero-order valence-electron chi connectivity index (χ0n) is 13.2. The van der Waals surface area contributed by atoms with Crippen molar-refractivity contribution in [3.05, 3.63) is 22.2 Å². The van der Waals surface area contributed by atoms with E-state index in [1.165, 1.54) is 6.20 Å². The van der Waals surface area contributed by atoms with E-state index in [0.29, 0.717) is 5.56 Å². The van der Waals surface area contributed by atoms with Gasteiger partial charge in [0.05, 0.1) is 12.2 Å². The molecule has 8 nitrogen and oxygen atoms in total. The van der Waals surface area contributed by atoms with Crippen molar-refractivity contribution in [2.75, 3.05) is 12.3 Å².